The average Bonchev–Trinajstić information content (AvgIpc) is 3.02. The molecule has 3 aromatic rings. The van der Waals surface area contributed by atoms with Crippen molar-refractivity contribution in [2.24, 2.45) is 0 Å². The van der Waals surface area contributed by atoms with E-state index in [2.05, 4.69) is 26.6 Å². The topological polar surface area (TPSA) is 77.0 Å². The smallest absolute Gasteiger partial charge is 0.230 e. The first-order valence-electron chi connectivity index (χ1n) is 7.81. The van der Waals surface area contributed by atoms with E-state index < -0.39 is 0 Å². The molecule has 128 valence electrons. The number of hydrogen-bond acceptors (Lipinski definition) is 6. The molecule has 3 rings (SSSR count). The van der Waals surface area contributed by atoms with Crippen LogP contribution >= 0.6 is 11.3 Å². The van der Waals surface area contributed by atoms with Gasteiger partial charge in [-0.3, -0.25) is 9.78 Å². The maximum atomic E-state index is 12.0. The summed E-state index contributed by atoms with van der Waals surface area (Å²) in [6, 6.07) is 9.68. The molecule has 1 aromatic carbocycles. The molecule has 25 heavy (non-hydrogen) atoms. The van der Waals surface area contributed by atoms with E-state index in [1.54, 1.807) is 18.5 Å². The zero-order chi connectivity index (χ0) is 17.6. The third kappa shape index (κ3) is 4.84. The number of pyridine rings is 1. The maximum absolute atomic E-state index is 12.0. The van der Waals surface area contributed by atoms with Gasteiger partial charge in [0.15, 0.2) is 5.01 Å². The quantitative estimate of drug-likeness (QED) is 0.735. The molecule has 0 bridgehead atoms. The summed E-state index contributed by atoms with van der Waals surface area (Å²) in [6.07, 6.45) is 3.60. The summed E-state index contributed by atoms with van der Waals surface area (Å²) in [5.41, 5.74) is 3.12. The van der Waals surface area contributed by atoms with Crippen molar-refractivity contribution in [2.75, 3.05) is 5.32 Å². The van der Waals surface area contributed by atoms with Gasteiger partial charge in [0.1, 0.15) is 12.4 Å². The first-order valence-corrected chi connectivity index (χ1v) is 8.63. The Bertz CT molecular complexity index is 865. The number of nitrogens with one attached hydrogen (secondary N) is 1. The van der Waals surface area contributed by atoms with E-state index in [4.69, 9.17) is 4.74 Å². The van der Waals surface area contributed by atoms with E-state index in [0.717, 1.165) is 16.9 Å². The number of ether oxygens (including phenoxy) is 1. The summed E-state index contributed by atoms with van der Waals surface area (Å²) in [7, 11) is 0. The summed E-state index contributed by atoms with van der Waals surface area (Å²) in [5.74, 6) is 0.675. The van der Waals surface area contributed by atoms with Gasteiger partial charge in [-0.2, -0.15) is 0 Å². The second-order valence-corrected chi connectivity index (χ2v) is 6.71. The van der Waals surface area contributed by atoms with Gasteiger partial charge in [-0.25, -0.2) is 0 Å². The van der Waals surface area contributed by atoms with Crippen LogP contribution in [-0.2, 0) is 17.8 Å². The lowest BCUT2D eigenvalue weighted by Crippen LogP contribution is -2.14. The highest BCUT2D eigenvalue weighted by Crippen LogP contribution is 2.22. The molecule has 1 N–H and O–H groups in total. The van der Waals surface area contributed by atoms with Crippen LogP contribution in [0.15, 0.2) is 42.7 Å². The standard InChI is InChI=1S/C18H18N4O2S/c1-12-5-6-15(13(2)8-12)24-11-17-21-22-18(25-17)20-16(23)9-14-4-3-7-19-10-14/h3-8,10H,9,11H2,1-2H3,(H,20,22,23). The zero-order valence-corrected chi connectivity index (χ0v) is 14.8. The number of nitrogens with zero attached hydrogens (tertiary/aromatic N) is 3. The highest BCUT2D eigenvalue weighted by molar-refractivity contribution is 7.15. The Labute approximate surface area is 149 Å². The molecule has 2 aromatic heterocycles. The molecule has 1 amide bonds. The number of carbonyl (C=O) groups is 1. The molecular weight excluding hydrogens is 336 g/mol. The monoisotopic (exact) mass is 354 g/mol. The molecule has 0 atom stereocenters. The minimum absolute atomic E-state index is 0.147. The first kappa shape index (κ1) is 17.0. The molecule has 0 saturated heterocycles. The number of aromatic nitrogens is 3. The zero-order valence-electron chi connectivity index (χ0n) is 14.0. The Hall–Kier alpha value is -2.80. The van der Waals surface area contributed by atoms with Crippen molar-refractivity contribution in [3.05, 3.63) is 64.4 Å². The molecule has 6 nitrogen and oxygen atoms in total. The Morgan fingerprint density at radius 1 is 1.24 bits per heavy atom. The van der Waals surface area contributed by atoms with Crippen LogP contribution in [0, 0.1) is 13.8 Å². The number of hydrogen-bond donors (Lipinski definition) is 1. The molecule has 0 saturated carbocycles. The summed E-state index contributed by atoms with van der Waals surface area (Å²) < 4.78 is 5.78. The largest absolute Gasteiger partial charge is 0.486 e. The van der Waals surface area contributed by atoms with Gasteiger partial charge in [-0.05, 0) is 37.1 Å². The van der Waals surface area contributed by atoms with Crippen molar-refractivity contribution in [3.63, 3.8) is 0 Å². The second-order valence-electron chi connectivity index (χ2n) is 5.64. The lowest BCUT2D eigenvalue weighted by molar-refractivity contribution is -0.115. The second kappa shape index (κ2) is 7.85. The molecule has 0 aliphatic rings. The number of anilines is 1. The number of aryl methyl sites for hydroxylation is 2. The minimum Gasteiger partial charge on any atom is -0.486 e. The highest BCUT2D eigenvalue weighted by atomic mass is 32.1. The molecular formula is C18H18N4O2S. The Kier molecular flexibility index (Phi) is 5.35. The van der Waals surface area contributed by atoms with Crippen molar-refractivity contribution >= 4 is 22.4 Å². The molecule has 2 heterocycles. The summed E-state index contributed by atoms with van der Waals surface area (Å²) in [4.78, 5) is 16.0. The van der Waals surface area contributed by atoms with Gasteiger partial charge in [0.2, 0.25) is 11.0 Å². The van der Waals surface area contributed by atoms with Crippen LogP contribution in [0.25, 0.3) is 0 Å². The average molecular weight is 354 g/mol. The fourth-order valence-electron chi connectivity index (χ4n) is 2.31. The van der Waals surface area contributed by atoms with Crippen molar-refractivity contribution in [2.45, 2.75) is 26.9 Å². The van der Waals surface area contributed by atoms with Gasteiger partial charge in [-0.15, -0.1) is 10.2 Å². The van der Waals surface area contributed by atoms with Gasteiger partial charge >= 0.3 is 0 Å². The fourth-order valence-corrected chi connectivity index (χ4v) is 2.98. The van der Waals surface area contributed by atoms with E-state index in [0.29, 0.717) is 16.7 Å². The molecule has 0 unspecified atom stereocenters. The third-order valence-electron chi connectivity index (χ3n) is 3.48. The number of benzene rings is 1. The van der Waals surface area contributed by atoms with Crippen LogP contribution in [0.5, 0.6) is 5.75 Å². The Morgan fingerprint density at radius 3 is 2.88 bits per heavy atom. The number of carbonyl (C=O) groups excluding carboxylic acids is 1. The number of amides is 1. The molecule has 0 aliphatic heterocycles. The Morgan fingerprint density at radius 2 is 2.12 bits per heavy atom. The van der Waals surface area contributed by atoms with Gasteiger partial charge < -0.3 is 10.1 Å². The minimum atomic E-state index is -0.147. The lowest BCUT2D eigenvalue weighted by Gasteiger charge is -2.07. The van der Waals surface area contributed by atoms with Crippen molar-refractivity contribution in [1.29, 1.82) is 0 Å². The SMILES string of the molecule is Cc1ccc(OCc2nnc(NC(=O)Cc3cccnc3)s2)c(C)c1. The molecule has 0 aliphatic carbocycles. The fraction of sp³-hybridized carbons (Fsp3) is 0.222. The lowest BCUT2D eigenvalue weighted by atomic mass is 10.1. The van der Waals surface area contributed by atoms with Crippen LogP contribution in [0.2, 0.25) is 0 Å². The van der Waals surface area contributed by atoms with Crippen molar-refractivity contribution < 1.29 is 9.53 Å². The van der Waals surface area contributed by atoms with Crippen LogP contribution in [-0.4, -0.2) is 21.1 Å². The molecule has 0 fully saturated rings. The van der Waals surface area contributed by atoms with Crippen LogP contribution in [0.1, 0.15) is 21.7 Å². The normalized spacial score (nSPS) is 10.5. The summed E-state index contributed by atoms with van der Waals surface area (Å²) in [5, 5.41) is 12.0. The number of rotatable bonds is 6. The first-order chi connectivity index (χ1) is 12.1. The van der Waals surface area contributed by atoms with E-state index in [9.17, 15) is 4.79 Å². The van der Waals surface area contributed by atoms with Crippen LogP contribution in [0.3, 0.4) is 0 Å². The van der Waals surface area contributed by atoms with E-state index in [1.165, 1.54) is 16.9 Å². The van der Waals surface area contributed by atoms with Crippen LogP contribution < -0.4 is 10.1 Å². The van der Waals surface area contributed by atoms with Crippen LogP contribution in [0.4, 0.5) is 5.13 Å². The third-order valence-corrected chi connectivity index (χ3v) is 4.29. The predicted octanol–water partition coefficient (Wildman–Crippen LogP) is 3.31. The van der Waals surface area contributed by atoms with Crippen molar-refractivity contribution in [3.8, 4) is 5.75 Å². The maximum Gasteiger partial charge on any atom is 0.230 e. The predicted molar refractivity (Wildman–Crippen MR) is 96.7 cm³/mol. The molecule has 7 heteroatoms. The Balaban J connectivity index is 1.54. The van der Waals surface area contributed by atoms with Gasteiger partial charge in [-0.1, -0.05) is 35.1 Å². The molecule has 0 spiro atoms. The van der Waals surface area contributed by atoms with E-state index in [-0.39, 0.29) is 12.3 Å². The highest BCUT2D eigenvalue weighted by Gasteiger charge is 2.10. The summed E-state index contributed by atoms with van der Waals surface area (Å²) in [6.45, 7) is 4.37. The van der Waals surface area contributed by atoms with E-state index in [1.807, 2.05) is 32.0 Å². The van der Waals surface area contributed by atoms with Gasteiger partial charge in [0.25, 0.3) is 0 Å². The van der Waals surface area contributed by atoms with Gasteiger partial charge in [0.05, 0.1) is 6.42 Å². The van der Waals surface area contributed by atoms with Gasteiger partial charge in [0, 0.05) is 12.4 Å². The van der Waals surface area contributed by atoms with E-state index >= 15 is 0 Å². The molecule has 0 radical (unpaired) electrons. The summed E-state index contributed by atoms with van der Waals surface area (Å²) >= 11 is 1.31. The van der Waals surface area contributed by atoms with Crippen molar-refractivity contribution in [1.82, 2.24) is 15.2 Å².